The van der Waals surface area contributed by atoms with E-state index < -0.39 is 0 Å². The van der Waals surface area contributed by atoms with Crippen molar-refractivity contribution in [2.45, 2.75) is 50.6 Å². The number of hydrogen-bond donors (Lipinski definition) is 3. The molecule has 0 aromatic heterocycles. The molecule has 104 valence electrons. The highest BCUT2D eigenvalue weighted by Gasteiger charge is 2.26. The van der Waals surface area contributed by atoms with Gasteiger partial charge in [0.1, 0.15) is 6.04 Å². The second-order valence-corrected chi connectivity index (χ2v) is 4.85. The van der Waals surface area contributed by atoms with Crippen LogP contribution in [0.15, 0.2) is 0 Å². The van der Waals surface area contributed by atoms with Gasteiger partial charge in [0.2, 0.25) is 11.8 Å². The van der Waals surface area contributed by atoms with E-state index in [4.69, 9.17) is 0 Å². The molecule has 0 saturated carbocycles. The van der Waals surface area contributed by atoms with Crippen LogP contribution in [0.4, 0.5) is 0 Å². The number of rotatable bonds is 2. The highest BCUT2D eigenvalue weighted by Crippen LogP contribution is 2.09. The Kier molecular flexibility index (Phi) is 6.43. The Morgan fingerprint density at radius 2 is 1.83 bits per heavy atom. The summed E-state index contributed by atoms with van der Waals surface area (Å²) in [4.78, 5) is 23.7. The van der Waals surface area contributed by atoms with E-state index in [-0.39, 0.29) is 36.3 Å². The van der Waals surface area contributed by atoms with Gasteiger partial charge in [-0.3, -0.25) is 9.59 Å². The van der Waals surface area contributed by atoms with E-state index in [0.717, 1.165) is 51.6 Å². The van der Waals surface area contributed by atoms with Crippen molar-refractivity contribution >= 4 is 24.2 Å². The van der Waals surface area contributed by atoms with E-state index in [2.05, 4.69) is 16.0 Å². The van der Waals surface area contributed by atoms with Gasteiger partial charge < -0.3 is 16.0 Å². The molecule has 1 unspecified atom stereocenters. The highest BCUT2D eigenvalue weighted by atomic mass is 35.5. The number of hydrogen-bond acceptors (Lipinski definition) is 3. The molecular formula is C12H22ClN3O2. The number of amides is 2. The van der Waals surface area contributed by atoms with Gasteiger partial charge >= 0.3 is 0 Å². The SMILES string of the molecule is Cl.O=C1NCCCCC1NC(=O)[C@H]1CCCCN1. The second kappa shape index (κ2) is 7.59. The summed E-state index contributed by atoms with van der Waals surface area (Å²) >= 11 is 0. The van der Waals surface area contributed by atoms with Gasteiger partial charge in [0.25, 0.3) is 0 Å². The van der Waals surface area contributed by atoms with Crippen LogP contribution >= 0.6 is 12.4 Å². The van der Waals surface area contributed by atoms with E-state index in [0.29, 0.717) is 0 Å². The first kappa shape index (κ1) is 15.2. The highest BCUT2D eigenvalue weighted by molar-refractivity contribution is 5.89. The monoisotopic (exact) mass is 275 g/mol. The van der Waals surface area contributed by atoms with Crippen LogP contribution < -0.4 is 16.0 Å². The minimum Gasteiger partial charge on any atom is -0.354 e. The molecule has 5 nitrogen and oxygen atoms in total. The molecule has 0 aromatic rings. The first-order chi connectivity index (χ1) is 8.27. The van der Waals surface area contributed by atoms with Crippen molar-refractivity contribution in [3.63, 3.8) is 0 Å². The van der Waals surface area contributed by atoms with Gasteiger partial charge in [-0.2, -0.15) is 0 Å². The maximum Gasteiger partial charge on any atom is 0.242 e. The Hall–Kier alpha value is -0.810. The van der Waals surface area contributed by atoms with Crippen LogP contribution in [0, 0.1) is 0 Å². The van der Waals surface area contributed by atoms with Gasteiger partial charge in [0.15, 0.2) is 0 Å². The van der Waals surface area contributed by atoms with Gasteiger partial charge in [-0.05, 0) is 38.6 Å². The van der Waals surface area contributed by atoms with Gasteiger partial charge in [-0.25, -0.2) is 0 Å². The largest absolute Gasteiger partial charge is 0.354 e. The lowest BCUT2D eigenvalue weighted by molar-refractivity contribution is -0.130. The summed E-state index contributed by atoms with van der Waals surface area (Å²) in [6.45, 7) is 1.63. The lowest BCUT2D eigenvalue weighted by Crippen LogP contribution is -2.53. The third-order valence-corrected chi connectivity index (χ3v) is 3.48. The molecule has 2 fully saturated rings. The van der Waals surface area contributed by atoms with Crippen molar-refractivity contribution in [3.8, 4) is 0 Å². The van der Waals surface area contributed by atoms with Gasteiger partial charge in [-0.1, -0.05) is 6.42 Å². The van der Waals surface area contributed by atoms with Crippen LogP contribution in [-0.2, 0) is 9.59 Å². The molecule has 2 heterocycles. The minimum absolute atomic E-state index is 0. The van der Waals surface area contributed by atoms with Gasteiger partial charge in [-0.15, -0.1) is 12.4 Å². The molecule has 0 spiro atoms. The van der Waals surface area contributed by atoms with Crippen molar-refractivity contribution in [1.82, 2.24) is 16.0 Å². The number of carbonyl (C=O) groups excluding carboxylic acids is 2. The van der Waals surface area contributed by atoms with Crippen molar-refractivity contribution in [2.75, 3.05) is 13.1 Å². The maximum atomic E-state index is 12.0. The van der Waals surface area contributed by atoms with Crippen LogP contribution in [0.25, 0.3) is 0 Å². The summed E-state index contributed by atoms with van der Waals surface area (Å²) in [5, 5.41) is 8.89. The van der Waals surface area contributed by atoms with Crippen molar-refractivity contribution in [1.29, 1.82) is 0 Å². The summed E-state index contributed by atoms with van der Waals surface area (Å²) in [6, 6.07) is -0.450. The lowest BCUT2D eigenvalue weighted by Gasteiger charge is -2.24. The third kappa shape index (κ3) is 4.14. The smallest absolute Gasteiger partial charge is 0.242 e. The quantitative estimate of drug-likeness (QED) is 0.680. The number of nitrogens with one attached hydrogen (secondary N) is 3. The third-order valence-electron chi connectivity index (χ3n) is 3.48. The molecule has 18 heavy (non-hydrogen) atoms. The Morgan fingerprint density at radius 3 is 2.56 bits per heavy atom. The van der Waals surface area contributed by atoms with E-state index in [1.54, 1.807) is 0 Å². The first-order valence-corrected chi connectivity index (χ1v) is 6.59. The van der Waals surface area contributed by atoms with Crippen molar-refractivity contribution < 1.29 is 9.59 Å². The van der Waals surface area contributed by atoms with Crippen LogP contribution in [0.5, 0.6) is 0 Å². The molecule has 3 N–H and O–H groups in total. The second-order valence-electron chi connectivity index (χ2n) is 4.85. The predicted molar refractivity (Wildman–Crippen MR) is 71.7 cm³/mol. The molecule has 2 aliphatic rings. The fourth-order valence-electron chi connectivity index (χ4n) is 2.42. The summed E-state index contributed by atoms with van der Waals surface area (Å²) in [5.74, 6) is -0.0570. The fraction of sp³-hybridized carbons (Fsp3) is 0.833. The standard InChI is InChI=1S/C12H21N3O2.ClH/c16-11-10(6-2-4-8-14-11)15-12(17)9-5-1-3-7-13-9;/h9-10,13H,1-8H2,(H,14,16)(H,15,17);1H/t9-,10?;/m1./s1. The van der Waals surface area contributed by atoms with Crippen molar-refractivity contribution in [2.24, 2.45) is 0 Å². The van der Waals surface area contributed by atoms with Gasteiger partial charge in [0, 0.05) is 6.54 Å². The Balaban J connectivity index is 0.00000162. The van der Waals surface area contributed by atoms with E-state index in [1.807, 2.05) is 0 Å². The molecule has 2 rings (SSSR count). The molecule has 0 aliphatic carbocycles. The molecule has 0 bridgehead atoms. The molecule has 2 saturated heterocycles. The maximum absolute atomic E-state index is 12.0. The molecule has 0 aromatic carbocycles. The predicted octanol–water partition coefficient (Wildman–Crippen LogP) is 0.335. The molecule has 6 heteroatoms. The zero-order chi connectivity index (χ0) is 12.1. The molecular weight excluding hydrogens is 254 g/mol. The number of piperidine rings is 1. The molecule has 2 atom stereocenters. The lowest BCUT2D eigenvalue weighted by atomic mass is 10.0. The molecule has 2 aliphatic heterocycles. The molecule has 2 amide bonds. The minimum atomic E-state index is -0.339. The summed E-state index contributed by atoms with van der Waals surface area (Å²) in [6.07, 6.45) is 5.84. The normalized spacial score (nSPS) is 28.6. The molecule has 0 radical (unpaired) electrons. The average molecular weight is 276 g/mol. The Bertz CT molecular complexity index is 293. The van der Waals surface area contributed by atoms with Crippen LogP contribution in [0.3, 0.4) is 0 Å². The number of halogens is 1. The van der Waals surface area contributed by atoms with Crippen LogP contribution in [0.1, 0.15) is 38.5 Å². The van der Waals surface area contributed by atoms with Crippen LogP contribution in [0.2, 0.25) is 0 Å². The van der Waals surface area contributed by atoms with E-state index >= 15 is 0 Å². The summed E-state index contributed by atoms with van der Waals surface area (Å²) < 4.78 is 0. The van der Waals surface area contributed by atoms with E-state index in [9.17, 15) is 9.59 Å². The summed E-state index contributed by atoms with van der Waals surface area (Å²) in [5.41, 5.74) is 0. The van der Waals surface area contributed by atoms with E-state index in [1.165, 1.54) is 0 Å². The topological polar surface area (TPSA) is 70.2 Å². The fourth-order valence-corrected chi connectivity index (χ4v) is 2.42. The zero-order valence-corrected chi connectivity index (χ0v) is 11.4. The Morgan fingerprint density at radius 1 is 1.11 bits per heavy atom. The van der Waals surface area contributed by atoms with Crippen molar-refractivity contribution in [3.05, 3.63) is 0 Å². The summed E-state index contributed by atoms with van der Waals surface area (Å²) in [7, 11) is 0. The Labute approximate surface area is 114 Å². The average Bonchev–Trinajstić information content (AvgIpc) is 2.56. The zero-order valence-electron chi connectivity index (χ0n) is 10.5. The van der Waals surface area contributed by atoms with Crippen LogP contribution in [-0.4, -0.2) is 37.0 Å². The number of carbonyl (C=O) groups is 2. The first-order valence-electron chi connectivity index (χ1n) is 6.59. The van der Waals surface area contributed by atoms with Gasteiger partial charge in [0.05, 0.1) is 6.04 Å².